The minimum atomic E-state index is -0.812. The van der Waals surface area contributed by atoms with Gasteiger partial charge in [0.25, 0.3) is 0 Å². The van der Waals surface area contributed by atoms with E-state index in [9.17, 15) is 14.4 Å². The summed E-state index contributed by atoms with van der Waals surface area (Å²) in [4.78, 5) is 38.4. The van der Waals surface area contributed by atoms with Gasteiger partial charge in [0.05, 0.1) is 0 Å². The third-order valence-electron chi connectivity index (χ3n) is 13.7. The third-order valence-corrected chi connectivity index (χ3v) is 13.7. The van der Waals surface area contributed by atoms with Crippen molar-refractivity contribution in [3.05, 3.63) is 158 Å². The molecular formula is C76H122O6. The van der Waals surface area contributed by atoms with Gasteiger partial charge in [0.1, 0.15) is 13.2 Å². The number of allylic oxidation sites excluding steroid dienone is 26. The summed E-state index contributed by atoms with van der Waals surface area (Å²) in [5.41, 5.74) is 0. The molecule has 0 aromatic rings. The first kappa shape index (κ1) is 77.0. The Morgan fingerprint density at radius 2 is 0.476 bits per heavy atom. The number of rotatable bonds is 59. The molecule has 0 aliphatic heterocycles. The van der Waals surface area contributed by atoms with Gasteiger partial charge in [-0.1, -0.05) is 275 Å². The Labute approximate surface area is 505 Å². The van der Waals surface area contributed by atoms with Gasteiger partial charge in [-0.15, -0.1) is 0 Å². The highest BCUT2D eigenvalue weighted by atomic mass is 16.6. The Hall–Kier alpha value is -4.97. The van der Waals surface area contributed by atoms with Gasteiger partial charge in [-0.2, -0.15) is 0 Å². The summed E-state index contributed by atoms with van der Waals surface area (Å²) in [5.74, 6) is -0.952. The number of hydrogen-bond acceptors (Lipinski definition) is 6. The summed E-state index contributed by atoms with van der Waals surface area (Å²) >= 11 is 0. The van der Waals surface area contributed by atoms with E-state index in [0.717, 1.165) is 148 Å². The molecule has 0 N–H and O–H groups in total. The van der Waals surface area contributed by atoms with Gasteiger partial charge in [-0.05, 0) is 148 Å². The monoisotopic (exact) mass is 1130 g/mol. The number of carbonyl (C=O) groups excluding carboxylic acids is 3. The van der Waals surface area contributed by atoms with E-state index in [1.54, 1.807) is 0 Å². The molecule has 0 rings (SSSR count). The summed E-state index contributed by atoms with van der Waals surface area (Å²) in [5, 5.41) is 0. The minimum Gasteiger partial charge on any atom is -0.462 e. The Bertz CT molecular complexity index is 1830. The fourth-order valence-corrected chi connectivity index (χ4v) is 8.80. The van der Waals surface area contributed by atoms with Crippen molar-refractivity contribution in [3.8, 4) is 0 Å². The van der Waals surface area contributed by atoms with Crippen molar-refractivity contribution in [2.24, 2.45) is 0 Å². The van der Waals surface area contributed by atoms with Crippen LogP contribution in [0.15, 0.2) is 158 Å². The predicted molar refractivity (Wildman–Crippen MR) is 357 cm³/mol. The summed E-state index contributed by atoms with van der Waals surface area (Å²) in [7, 11) is 0. The highest BCUT2D eigenvalue weighted by Gasteiger charge is 2.19. The lowest BCUT2D eigenvalue weighted by molar-refractivity contribution is -0.167. The summed E-state index contributed by atoms with van der Waals surface area (Å²) in [6.45, 7) is 6.36. The van der Waals surface area contributed by atoms with Gasteiger partial charge in [0.2, 0.25) is 0 Å². The highest BCUT2D eigenvalue weighted by molar-refractivity contribution is 5.71. The third kappa shape index (κ3) is 65.8. The number of esters is 3. The Kier molecular flexibility index (Phi) is 64.4. The minimum absolute atomic E-state index is 0.104. The maximum atomic E-state index is 12.9. The van der Waals surface area contributed by atoms with Crippen molar-refractivity contribution in [3.63, 3.8) is 0 Å². The highest BCUT2D eigenvalue weighted by Crippen LogP contribution is 2.15. The molecule has 0 aromatic heterocycles. The van der Waals surface area contributed by atoms with E-state index in [1.165, 1.54) is 89.9 Å². The predicted octanol–water partition coefficient (Wildman–Crippen LogP) is 23.3. The topological polar surface area (TPSA) is 78.9 Å². The zero-order chi connectivity index (χ0) is 59.2. The second-order valence-electron chi connectivity index (χ2n) is 21.6. The number of hydrogen-bond donors (Lipinski definition) is 0. The van der Waals surface area contributed by atoms with Crippen molar-refractivity contribution in [2.45, 2.75) is 290 Å². The van der Waals surface area contributed by atoms with E-state index in [0.29, 0.717) is 19.3 Å². The van der Waals surface area contributed by atoms with Crippen LogP contribution >= 0.6 is 0 Å². The van der Waals surface area contributed by atoms with Gasteiger partial charge in [0, 0.05) is 19.3 Å². The Balaban J connectivity index is 4.47. The molecule has 0 saturated heterocycles. The van der Waals surface area contributed by atoms with E-state index in [1.807, 2.05) is 0 Å². The zero-order valence-electron chi connectivity index (χ0n) is 52.9. The van der Waals surface area contributed by atoms with Crippen LogP contribution in [0.2, 0.25) is 0 Å². The van der Waals surface area contributed by atoms with E-state index in [2.05, 4.69) is 179 Å². The lowest BCUT2D eigenvalue weighted by Crippen LogP contribution is -2.30. The molecule has 0 amide bonds. The van der Waals surface area contributed by atoms with Crippen LogP contribution in [0.4, 0.5) is 0 Å². The molecule has 0 spiro atoms. The second kappa shape index (κ2) is 68.5. The molecule has 6 nitrogen and oxygen atoms in total. The molecule has 0 radical (unpaired) electrons. The van der Waals surface area contributed by atoms with Gasteiger partial charge in [-0.25, -0.2) is 0 Å². The van der Waals surface area contributed by atoms with Crippen molar-refractivity contribution < 1.29 is 28.6 Å². The molecule has 0 aromatic carbocycles. The largest absolute Gasteiger partial charge is 0.462 e. The standard InChI is InChI=1S/C76H122O6/c1-4-7-10-13-16-19-22-25-28-31-34-35-36-37-38-39-40-41-43-45-48-51-54-57-60-63-66-69-75(78)81-72-73(71-80-74(77)68-65-62-59-56-53-50-47-44-33-30-27-24-21-18-15-12-9-6-3)82-76(79)70-67-64-61-58-55-52-49-46-42-32-29-26-23-20-17-14-11-8-5-2/h7-8,10-11,16-17,19-21,24-26,28-30,33-35,37-38,40-42,46,52,55,73H,4-6,9,12-15,18,22-23,27,31-32,36,39,43-45,47-51,53-54,56-72H2,1-3H3/b10-7-,11-8-,19-16-,20-17-,24-21-,28-25-,29-26-,33-30-,35-34-,38-37-,41-40-,46-42-,55-52-. The molecule has 0 aliphatic rings. The lowest BCUT2D eigenvalue weighted by Gasteiger charge is -2.18. The van der Waals surface area contributed by atoms with Crippen LogP contribution < -0.4 is 0 Å². The smallest absolute Gasteiger partial charge is 0.306 e. The normalized spacial score (nSPS) is 13.2. The van der Waals surface area contributed by atoms with Crippen LogP contribution in [0.25, 0.3) is 0 Å². The molecule has 462 valence electrons. The van der Waals surface area contributed by atoms with Crippen LogP contribution in [0.5, 0.6) is 0 Å². The number of ether oxygens (including phenoxy) is 3. The van der Waals surface area contributed by atoms with Gasteiger partial charge in [-0.3, -0.25) is 14.4 Å². The Morgan fingerprint density at radius 1 is 0.256 bits per heavy atom. The van der Waals surface area contributed by atoms with E-state index in [-0.39, 0.29) is 37.5 Å². The zero-order valence-corrected chi connectivity index (χ0v) is 52.9. The molecular weight excluding hydrogens is 1010 g/mol. The molecule has 82 heavy (non-hydrogen) atoms. The first-order valence-electron chi connectivity index (χ1n) is 33.5. The molecule has 0 saturated carbocycles. The van der Waals surface area contributed by atoms with Crippen molar-refractivity contribution >= 4 is 17.9 Å². The fourth-order valence-electron chi connectivity index (χ4n) is 8.80. The van der Waals surface area contributed by atoms with E-state index >= 15 is 0 Å². The van der Waals surface area contributed by atoms with Crippen LogP contribution in [-0.4, -0.2) is 37.2 Å². The SMILES string of the molecule is CC/C=C\C/C=C\C/C=C\C/C=C\C/C=C\C/C=C\CCCCCCCCCCC(=O)OCC(COC(=O)CCCCCCCCC/C=C\C/C=C\CCCCCC)OC(=O)CCCCC/C=C\C/C=C\C/C=C\C/C=C\C/C=C\CC. The van der Waals surface area contributed by atoms with Crippen molar-refractivity contribution in [2.75, 3.05) is 13.2 Å². The van der Waals surface area contributed by atoms with E-state index < -0.39 is 6.10 Å². The molecule has 1 unspecified atom stereocenters. The average molecular weight is 1130 g/mol. The van der Waals surface area contributed by atoms with Gasteiger partial charge < -0.3 is 14.2 Å². The molecule has 0 aliphatic carbocycles. The van der Waals surface area contributed by atoms with Gasteiger partial charge >= 0.3 is 17.9 Å². The van der Waals surface area contributed by atoms with Crippen LogP contribution in [0.1, 0.15) is 284 Å². The van der Waals surface area contributed by atoms with Crippen molar-refractivity contribution in [1.29, 1.82) is 0 Å². The van der Waals surface area contributed by atoms with E-state index in [4.69, 9.17) is 14.2 Å². The Morgan fingerprint density at radius 3 is 0.756 bits per heavy atom. The second-order valence-corrected chi connectivity index (χ2v) is 21.6. The summed E-state index contributed by atoms with van der Waals surface area (Å²) in [6.07, 6.45) is 99.6. The van der Waals surface area contributed by atoms with Crippen molar-refractivity contribution in [1.82, 2.24) is 0 Å². The van der Waals surface area contributed by atoms with Gasteiger partial charge in [0.15, 0.2) is 6.10 Å². The number of carbonyl (C=O) groups is 3. The maximum Gasteiger partial charge on any atom is 0.306 e. The first-order valence-corrected chi connectivity index (χ1v) is 33.5. The molecule has 1 atom stereocenters. The lowest BCUT2D eigenvalue weighted by atomic mass is 10.1. The molecule has 0 bridgehead atoms. The van der Waals surface area contributed by atoms with Crippen LogP contribution in [-0.2, 0) is 28.6 Å². The van der Waals surface area contributed by atoms with Crippen LogP contribution in [0, 0.1) is 0 Å². The number of unbranched alkanes of at least 4 members (excludes halogenated alkanes) is 22. The fraction of sp³-hybridized carbons (Fsp3) is 0.618. The quantitative estimate of drug-likeness (QED) is 0.0261. The molecule has 0 fully saturated rings. The molecule has 0 heterocycles. The average Bonchev–Trinajstić information content (AvgIpc) is 3.47. The molecule has 6 heteroatoms. The first-order chi connectivity index (χ1) is 40.5. The van der Waals surface area contributed by atoms with Crippen LogP contribution in [0.3, 0.4) is 0 Å². The summed E-state index contributed by atoms with van der Waals surface area (Å²) in [6, 6.07) is 0. The summed E-state index contributed by atoms with van der Waals surface area (Å²) < 4.78 is 16.9. The maximum absolute atomic E-state index is 12.9.